The Morgan fingerprint density at radius 1 is 0.920 bits per heavy atom. The second kappa shape index (κ2) is 7.99. The van der Waals surface area contributed by atoms with Gasteiger partial charge in [-0.25, -0.2) is 0 Å². The van der Waals surface area contributed by atoms with Crippen LogP contribution in [0, 0.1) is 0 Å². The fourth-order valence-corrected chi connectivity index (χ4v) is 3.07. The van der Waals surface area contributed by atoms with Gasteiger partial charge in [0, 0.05) is 10.5 Å². The van der Waals surface area contributed by atoms with E-state index in [0.29, 0.717) is 5.56 Å². The van der Waals surface area contributed by atoms with Gasteiger partial charge in [0.15, 0.2) is 12.4 Å². The summed E-state index contributed by atoms with van der Waals surface area (Å²) in [5, 5.41) is 2.11. The van der Waals surface area contributed by atoms with Gasteiger partial charge in [0.05, 0.1) is 6.42 Å². The number of hydrogen-bond acceptors (Lipinski definition) is 4. The van der Waals surface area contributed by atoms with Crippen molar-refractivity contribution in [2.45, 2.75) is 11.3 Å². The third kappa shape index (κ3) is 4.28. The van der Waals surface area contributed by atoms with Crippen LogP contribution in [0.25, 0.3) is 10.8 Å². The maximum absolute atomic E-state index is 12.1. The van der Waals surface area contributed by atoms with Gasteiger partial charge in [-0.05, 0) is 34.7 Å². The molecule has 0 atom stereocenters. The summed E-state index contributed by atoms with van der Waals surface area (Å²) >= 11 is 1.61. The minimum absolute atomic E-state index is 0.153. The number of Topliss-reactive ketones (excluding diaryl/α,β-unsaturated/α-hetero) is 1. The Kier molecular flexibility index (Phi) is 5.51. The van der Waals surface area contributed by atoms with E-state index >= 15 is 0 Å². The summed E-state index contributed by atoms with van der Waals surface area (Å²) in [6.07, 6.45) is 2.13. The number of ketones is 1. The monoisotopic (exact) mass is 350 g/mol. The minimum Gasteiger partial charge on any atom is -0.457 e. The molecule has 0 spiro atoms. The Labute approximate surface area is 151 Å². The molecule has 0 saturated heterocycles. The molecule has 4 heteroatoms. The number of ether oxygens (including phenoxy) is 1. The standard InChI is InChI=1S/C21H18O3S/c1-25-18-11-9-16(10-12-18)20(22)14-24-21(23)13-17-7-4-6-15-5-2-3-8-19(15)17/h2-12H,13-14H2,1H3. The third-order valence-corrected chi connectivity index (χ3v) is 4.73. The second-order valence-electron chi connectivity index (χ2n) is 5.63. The molecule has 0 heterocycles. The molecular weight excluding hydrogens is 332 g/mol. The molecule has 3 nitrogen and oxygen atoms in total. The van der Waals surface area contributed by atoms with Gasteiger partial charge in [-0.1, -0.05) is 54.6 Å². The van der Waals surface area contributed by atoms with Crippen LogP contribution in [0.4, 0.5) is 0 Å². The molecule has 0 aliphatic carbocycles. The third-order valence-electron chi connectivity index (χ3n) is 3.99. The highest BCUT2D eigenvalue weighted by Gasteiger charge is 2.12. The lowest BCUT2D eigenvalue weighted by molar-refractivity contribution is -0.141. The lowest BCUT2D eigenvalue weighted by atomic mass is 10.0. The predicted molar refractivity (Wildman–Crippen MR) is 101 cm³/mol. The van der Waals surface area contributed by atoms with Crippen LogP contribution in [0.5, 0.6) is 0 Å². The highest BCUT2D eigenvalue weighted by atomic mass is 32.2. The van der Waals surface area contributed by atoms with Crippen molar-refractivity contribution in [2.75, 3.05) is 12.9 Å². The van der Waals surface area contributed by atoms with E-state index in [-0.39, 0.29) is 18.8 Å². The Morgan fingerprint density at radius 2 is 1.64 bits per heavy atom. The first kappa shape index (κ1) is 17.2. The molecule has 3 aromatic rings. The van der Waals surface area contributed by atoms with Gasteiger partial charge < -0.3 is 4.74 Å². The normalized spacial score (nSPS) is 10.6. The maximum atomic E-state index is 12.1. The molecule has 0 fully saturated rings. The summed E-state index contributed by atoms with van der Waals surface area (Å²) in [5.74, 6) is -0.593. The van der Waals surface area contributed by atoms with Crippen molar-refractivity contribution in [1.82, 2.24) is 0 Å². The Hall–Kier alpha value is -2.59. The van der Waals surface area contributed by atoms with Crippen LogP contribution < -0.4 is 0 Å². The van der Waals surface area contributed by atoms with Crippen molar-refractivity contribution in [2.24, 2.45) is 0 Å². The fourth-order valence-electron chi connectivity index (χ4n) is 2.66. The number of carbonyl (C=O) groups excluding carboxylic acids is 2. The van der Waals surface area contributed by atoms with Gasteiger partial charge in [0.25, 0.3) is 0 Å². The zero-order chi connectivity index (χ0) is 17.6. The molecule has 0 aliphatic rings. The van der Waals surface area contributed by atoms with Crippen LogP contribution >= 0.6 is 11.8 Å². The SMILES string of the molecule is CSc1ccc(C(=O)COC(=O)Cc2cccc3ccccc23)cc1. The number of carbonyl (C=O) groups is 2. The molecule has 0 N–H and O–H groups in total. The number of hydrogen-bond donors (Lipinski definition) is 0. The van der Waals surface area contributed by atoms with Crippen LogP contribution in [-0.2, 0) is 16.0 Å². The van der Waals surface area contributed by atoms with Gasteiger partial charge >= 0.3 is 5.97 Å². The van der Waals surface area contributed by atoms with Gasteiger partial charge in [0.1, 0.15) is 0 Å². The summed E-state index contributed by atoms with van der Waals surface area (Å²) in [4.78, 5) is 25.3. The summed E-state index contributed by atoms with van der Waals surface area (Å²) in [5.41, 5.74) is 1.45. The van der Waals surface area contributed by atoms with Crippen molar-refractivity contribution in [1.29, 1.82) is 0 Å². The number of fused-ring (bicyclic) bond motifs is 1. The smallest absolute Gasteiger partial charge is 0.310 e. The van der Waals surface area contributed by atoms with E-state index in [9.17, 15) is 9.59 Å². The molecule has 0 unspecified atom stereocenters. The van der Waals surface area contributed by atoms with Crippen LogP contribution in [0.2, 0.25) is 0 Å². The number of rotatable bonds is 6. The molecular formula is C21H18O3S. The van der Waals surface area contributed by atoms with Crippen molar-refractivity contribution >= 4 is 34.3 Å². The molecule has 3 rings (SSSR count). The summed E-state index contributed by atoms with van der Waals surface area (Å²) in [6.45, 7) is -0.234. The van der Waals surface area contributed by atoms with E-state index in [4.69, 9.17) is 4.74 Å². The van der Waals surface area contributed by atoms with Crippen molar-refractivity contribution in [3.8, 4) is 0 Å². The molecule has 0 saturated carbocycles. The van der Waals surface area contributed by atoms with Crippen molar-refractivity contribution in [3.63, 3.8) is 0 Å². The summed E-state index contributed by atoms with van der Waals surface area (Å²) in [6, 6.07) is 21.0. The van der Waals surface area contributed by atoms with E-state index in [0.717, 1.165) is 21.2 Å². The van der Waals surface area contributed by atoms with Crippen LogP contribution in [-0.4, -0.2) is 24.6 Å². The van der Waals surface area contributed by atoms with E-state index < -0.39 is 5.97 Å². The first-order valence-corrected chi connectivity index (χ1v) is 9.19. The molecule has 3 aromatic carbocycles. The van der Waals surface area contributed by atoms with Crippen molar-refractivity contribution < 1.29 is 14.3 Å². The second-order valence-corrected chi connectivity index (χ2v) is 6.51. The van der Waals surface area contributed by atoms with Crippen LogP contribution in [0.3, 0.4) is 0 Å². The average molecular weight is 350 g/mol. The summed E-state index contributed by atoms with van der Waals surface area (Å²) in [7, 11) is 0. The number of benzene rings is 3. The largest absolute Gasteiger partial charge is 0.457 e. The van der Waals surface area contributed by atoms with Gasteiger partial charge in [0.2, 0.25) is 0 Å². The van der Waals surface area contributed by atoms with E-state index in [1.54, 1.807) is 23.9 Å². The maximum Gasteiger partial charge on any atom is 0.310 e. The number of thioether (sulfide) groups is 1. The summed E-state index contributed by atoms with van der Waals surface area (Å²) < 4.78 is 5.17. The lowest BCUT2D eigenvalue weighted by Gasteiger charge is -2.07. The lowest BCUT2D eigenvalue weighted by Crippen LogP contribution is -2.15. The Morgan fingerprint density at radius 3 is 2.40 bits per heavy atom. The van der Waals surface area contributed by atoms with E-state index in [1.165, 1.54) is 0 Å². The molecule has 0 aromatic heterocycles. The number of esters is 1. The molecule has 0 bridgehead atoms. The average Bonchev–Trinajstić information content (AvgIpc) is 2.66. The molecule has 0 aliphatic heterocycles. The highest BCUT2D eigenvalue weighted by molar-refractivity contribution is 7.98. The van der Waals surface area contributed by atoms with Crippen LogP contribution in [0.1, 0.15) is 15.9 Å². The zero-order valence-electron chi connectivity index (χ0n) is 13.9. The Bertz CT molecular complexity index is 895. The van der Waals surface area contributed by atoms with Crippen molar-refractivity contribution in [3.05, 3.63) is 77.9 Å². The molecule has 25 heavy (non-hydrogen) atoms. The van der Waals surface area contributed by atoms with Gasteiger partial charge in [-0.2, -0.15) is 0 Å². The van der Waals surface area contributed by atoms with E-state index in [1.807, 2.05) is 60.9 Å². The van der Waals surface area contributed by atoms with Gasteiger partial charge in [-0.15, -0.1) is 11.8 Å². The van der Waals surface area contributed by atoms with Gasteiger partial charge in [-0.3, -0.25) is 9.59 Å². The predicted octanol–water partition coefficient (Wildman–Crippen LogP) is 4.53. The van der Waals surface area contributed by atoms with E-state index in [2.05, 4.69) is 0 Å². The first-order chi connectivity index (χ1) is 12.2. The zero-order valence-corrected chi connectivity index (χ0v) is 14.7. The Balaban J connectivity index is 1.61. The van der Waals surface area contributed by atoms with Crippen LogP contribution in [0.15, 0.2) is 71.6 Å². The first-order valence-electron chi connectivity index (χ1n) is 7.97. The molecule has 0 radical (unpaired) electrons. The highest BCUT2D eigenvalue weighted by Crippen LogP contribution is 2.19. The molecule has 0 amide bonds. The topological polar surface area (TPSA) is 43.4 Å². The quantitative estimate of drug-likeness (QED) is 0.372. The minimum atomic E-state index is -0.398. The molecule has 126 valence electrons. The fraction of sp³-hybridized carbons (Fsp3) is 0.143.